The molecule has 0 fully saturated rings. The molecule has 0 aliphatic rings. The first-order chi connectivity index (χ1) is 11.5. The zero-order chi connectivity index (χ0) is 18.4. The van der Waals surface area contributed by atoms with Gasteiger partial charge in [-0.3, -0.25) is 9.79 Å². The molecule has 1 aromatic rings. The van der Waals surface area contributed by atoms with Crippen molar-refractivity contribution in [2.24, 2.45) is 4.99 Å². The highest BCUT2D eigenvalue weighted by Gasteiger charge is 2.04. The summed E-state index contributed by atoms with van der Waals surface area (Å²) >= 11 is 0. The monoisotopic (exact) mass is 333 g/mol. The summed E-state index contributed by atoms with van der Waals surface area (Å²) in [4.78, 5) is 15.1. The summed E-state index contributed by atoms with van der Waals surface area (Å²) in [6, 6.07) is 5.53. The van der Waals surface area contributed by atoms with Crippen LogP contribution in [0.2, 0.25) is 0 Å². The van der Waals surface area contributed by atoms with Crippen molar-refractivity contribution >= 4 is 12.1 Å². The molecule has 24 heavy (non-hydrogen) atoms. The number of ether oxygens (including phenoxy) is 1. The molecule has 0 saturated heterocycles. The summed E-state index contributed by atoms with van der Waals surface area (Å²) in [5.74, 6) is 1.57. The number of carbonyl (C=O) groups is 1. The van der Waals surface area contributed by atoms with Crippen molar-refractivity contribution < 1.29 is 9.53 Å². The van der Waals surface area contributed by atoms with Crippen LogP contribution < -0.4 is 15.4 Å². The van der Waals surface area contributed by atoms with Crippen LogP contribution in [0.25, 0.3) is 0 Å². The number of ketones is 1. The smallest absolute Gasteiger partial charge is 0.160 e. The fraction of sp³-hybridized carbons (Fsp3) is 0.474. The van der Waals surface area contributed by atoms with Gasteiger partial charge in [0.15, 0.2) is 5.78 Å². The molecule has 0 bridgehead atoms. The van der Waals surface area contributed by atoms with Crippen molar-refractivity contribution in [2.45, 2.75) is 40.5 Å². The van der Waals surface area contributed by atoms with E-state index in [1.807, 2.05) is 19.1 Å². The summed E-state index contributed by atoms with van der Waals surface area (Å²) in [6.45, 7) is 12.9. The Kier molecular flexibility index (Phi) is 11.9. The topological polar surface area (TPSA) is 62.7 Å². The van der Waals surface area contributed by atoms with Crippen LogP contribution in [0.15, 0.2) is 35.6 Å². The number of Topliss-reactive ketones (excluding diaryl/α,β-unsaturated/α-hetero) is 1. The Morgan fingerprint density at radius 2 is 2.04 bits per heavy atom. The van der Waals surface area contributed by atoms with Gasteiger partial charge >= 0.3 is 0 Å². The van der Waals surface area contributed by atoms with Gasteiger partial charge in [0.05, 0.1) is 18.8 Å². The largest absolute Gasteiger partial charge is 0.494 e. The fourth-order valence-electron chi connectivity index (χ4n) is 1.82. The molecule has 0 radical (unpaired) electrons. The Morgan fingerprint density at radius 3 is 2.58 bits per heavy atom. The number of carbonyl (C=O) groups excluding carboxylic acids is 1. The summed E-state index contributed by atoms with van der Waals surface area (Å²) in [7, 11) is 1.69. The molecular weight excluding hydrogens is 302 g/mol. The molecule has 0 atom stereocenters. The zero-order valence-electron chi connectivity index (χ0n) is 15.6. The first kappa shape index (κ1) is 21.7. The molecule has 1 rings (SSSR count). The van der Waals surface area contributed by atoms with Gasteiger partial charge in [-0.1, -0.05) is 26.8 Å². The molecule has 0 unspecified atom stereocenters. The van der Waals surface area contributed by atoms with E-state index < -0.39 is 0 Å². The summed E-state index contributed by atoms with van der Waals surface area (Å²) in [5.41, 5.74) is 1.68. The average molecular weight is 333 g/mol. The molecule has 5 nitrogen and oxygen atoms in total. The van der Waals surface area contributed by atoms with Crippen molar-refractivity contribution in [3.63, 3.8) is 0 Å². The number of aliphatic imine (C=N–C) groups is 1. The molecule has 1 aromatic carbocycles. The van der Waals surface area contributed by atoms with Gasteiger partial charge in [0.25, 0.3) is 0 Å². The SMILES string of the molecule is C=C(NC=NC)NCCCOc1ccc(C(C)=O)c(C)c1.CCC. The molecular formula is C19H31N3O2. The molecule has 5 heteroatoms. The van der Waals surface area contributed by atoms with Gasteiger partial charge in [-0.15, -0.1) is 0 Å². The maximum absolute atomic E-state index is 11.3. The van der Waals surface area contributed by atoms with Crippen molar-refractivity contribution in [1.29, 1.82) is 0 Å². The van der Waals surface area contributed by atoms with Crippen LogP contribution in [0.1, 0.15) is 49.5 Å². The van der Waals surface area contributed by atoms with Crippen LogP contribution >= 0.6 is 0 Å². The van der Waals surface area contributed by atoms with E-state index in [0.717, 1.165) is 29.8 Å². The van der Waals surface area contributed by atoms with E-state index in [-0.39, 0.29) is 5.78 Å². The second-order valence-electron chi connectivity index (χ2n) is 5.38. The summed E-state index contributed by atoms with van der Waals surface area (Å²) < 4.78 is 5.66. The molecule has 0 aliphatic heterocycles. The molecule has 0 saturated carbocycles. The lowest BCUT2D eigenvalue weighted by atomic mass is 10.1. The summed E-state index contributed by atoms with van der Waals surface area (Å²) in [5, 5.41) is 6.01. The Hall–Kier alpha value is -2.30. The minimum atomic E-state index is 0.0740. The number of rotatable bonds is 9. The van der Waals surface area contributed by atoms with Crippen molar-refractivity contribution in [3.8, 4) is 5.75 Å². The third-order valence-electron chi connectivity index (χ3n) is 2.87. The highest BCUT2D eigenvalue weighted by atomic mass is 16.5. The second kappa shape index (κ2) is 13.2. The number of benzene rings is 1. The molecule has 134 valence electrons. The van der Waals surface area contributed by atoms with Crippen LogP contribution in [0, 0.1) is 6.92 Å². The van der Waals surface area contributed by atoms with Crippen LogP contribution in [0.3, 0.4) is 0 Å². The van der Waals surface area contributed by atoms with Crippen LogP contribution in [-0.2, 0) is 0 Å². The van der Waals surface area contributed by atoms with E-state index in [2.05, 4.69) is 36.1 Å². The van der Waals surface area contributed by atoms with Crippen LogP contribution in [0.4, 0.5) is 0 Å². The van der Waals surface area contributed by atoms with Gasteiger partial charge in [0.2, 0.25) is 0 Å². The Bertz CT molecular complexity index is 539. The number of hydrogen-bond acceptors (Lipinski definition) is 4. The van der Waals surface area contributed by atoms with Crippen molar-refractivity contribution in [3.05, 3.63) is 41.7 Å². The van der Waals surface area contributed by atoms with Gasteiger partial charge in [0.1, 0.15) is 5.75 Å². The number of nitrogens with one attached hydrogen (secondary N) is 2. The highest BCUT2D eigenvalue weighted by Crippen LogP contribution is 2.17. The number of aryl methyl sites for hydroxylation is 1. The van der Waals surface area contributed by atoms with E-state index in [9.17, 15) is 4.79 Å². The molecule has 0 aromatic heterocycles. The van der Waals surface area contributed by atoms with E-state index >= 15 is 0 Å². The lowest BCUT2D eigenvalue weighted by Crippen LogP contribution is -2.26. The van der Waals surface area contributed by atoms with Crippen molar-refractivity contribution in [2.75, 3.05) is 20.2 Å². The lowest BCUT2D eigenvalue weighted by Gasteiger charge is -2.11. The van der Waals surface area contributed by atoms with Gasteiger partial charge in [0, 0.05) is 19.2 Å². The van der Waals surface area contributed by atoms with Crippen molar-refractivity contribution in [1.82, 2.24) is 10.6 Å². The Morgan fingerprint density at radius 1 is 1.38 bits per heavy atom. The van der Waals surface area contributed by atoms with E-state index in [1.165, 1.54) is 6.42 Å². The molecule has 0 amide bonds. The maximum atomic E-state index is 11.3. The average Bonchev–Trinajstić information content (AvgIpc) is 2.53. The quantitative estimate of drug-likeness (QED) is 0.313. The number of nitrogens with zero attached hydrogens (tertiary/aromatic N) is 1. The van der Waals surface area contributed by atoms with Gasteiger partial charge < -0.3 is 15.4 Å². The molecule has 0 spiro atoms. The standard InChI is InChI=1S/C16H23N3O2.C3H8/c1-12-10-15(6-7-16(12)13(2)20)21-9-5-8-18-14(3)19-11-17-4;1-3-2/h6-7,10-11,18H,3,5,8-9H2,1-2,4H3,(H,17,19);3H2,1-2H3. The first-order valence-electron chi connectivity index (χ1n) is 8.30. The zero-order valence-corrected chi connectivity index (χ0v) is 15.6. The Labute approximate surface area is 146 Å². The third-order valence-corrected chi connectivity index (χ3v) is 2.87. The maximum Gasteiger partial charge on any atom is 0.160 e. The van der Waals surface area contributed by atoms with Crippen LogP contribution in [-0.4, -0.2) is 32.3 Å². The fourth-order valence-corrected chi connectivity index (χ4v) is 1.82. The highest BCUT2D eigenvalue weighted by molar-refractivity contribution is 5.95. The molecule has 0 heterocycles. The lowest BCUT2D eigenvalue weighted by molar-refractivity contribution is 0.101. The number of hydrogen-bond donors (Lipinski definition) is 2. The van der Waals surface area contributed by atoms with Gasteiger partial charge in [-0.2, -0.15) is 0 Å². The van der Waals surface area contributed by atoms with E-state index in [4.69, 9.17) is 4.74 Å². The van der Waals surface area contributed by atoms with E-state index in [1.54, 1.807) is 26.4 Å². The third kappa shape index (κ3) is 9.66. The summed E-state index contributed by atoms with van der Waals surface area (Å²) in [6.07, 6.45) is 3.67. The first-order valence-corrected chi connectivity index (χ1v) is 8.30. The van der Waals surface area contributed by atoms with Gasteiger partial charge in [-0.05, 0) is 44.0 Å². The predicted octanol–water partition coefficient (Wildman–Crippen LogP) is 3.69. The minimum Gasteiger partial charge on any atom is -0.494 e. The Balaban J connectivity index is 0.00000163. The van der Waals surface area contributed by atoms with E-state index in [0.29, 0.717) is 12.4 Å². The molecule has 2 N–H and O–H groups in total. The van der Waals surface area contributed by atoms with Gasteiger partial charge in [-0.25, -0.2) is 0 Å². The minimum absolute atomic E-state index is 0.0740. The molecule has 0 aliphatic carbocycles. The predicted molar refractivity (Wildman–Crippen MR) is 102 cm³/mol. The normalized spacial score (nSPS) is 9.88. The van der Waals surface area contributed by atoms with Crippen LogP contribution in [0.5, 0.6) is 5.75 Å². The second-order valence-corrected chi connectivity index (χ2v) is 5.38.